The third-order valence-electron chi connectivity index (χ3n) is 7.13. The van der Waals surface area contributed by atoms with Crippen molar-refractivity contribution in [2.75, 3.05) is 37.1 Å². The summed E-state index contributed by atoms with van der Waals surface area (Å²) in [5, 5.41) is 10.0. The highest BCUT2D eigenvalue weighted by molar-refractivity contribution is 7.93. The predicted molar refractivity (Wildman–Crippen MR) is 175 cm³/mol. The Balaban J connectivity index is 1.40. The number of carbonyl (C=O) groups is 1. The normalized spacial score (nSPS) is 14.8. The Morgan fingerprint density at radius 1 is 1.07 bits per heavy atom. The fourth-order valence-electron chi connectivity index (χ4n) is 4.59. The van der Waals surface area contributed by atoms with Crippen LogP contribution >= 0.6 is 23.2 Å². The zero-order chi connectivity index (χ0) is 32.8. The molecule has 240 valence electrons. The van der Waals surface area contributed by atoms with Crippen LogP contribution in [0.5, 0.6) is 11.5 Å². The van der Waals surface area contributed by atoms with Crippen LogP contribution in [0, 0.1) is 11.3 Å². The standard InChI is InChI=1S/C32H37Cl2N5O5S/c1-31(2,3)44-30(40)39-13-16-45(41,17-14-39)38-29-36-12-10-25(37-29)21-43-26-8-6-23(7-9-26)32(4,5)24-18-22(20-35)28(27(34)19-24)42-15-11-33/h6-10,12,18-19H,11,13-17,21H2,1-5H3. The van der Waals surface area contributed by atoms with Gasteiger partial charge in [-0.3, -0.25) is 0 Å². The van der Waals surface area contributed by atoms with E-state index in [1.54, 1.807) is 23.2 Å². The van der Waals surface area contributed by atoms with Crippen molar-refractivity contribution in [3.63, 3.8) is 0 Å². The van der Waals surface area contributed by atoms with E-state index in [4.69, 9.17) is 37.4 Å². The Morgan fingerprint density at radius 3 is 2.38 bits per heavy atom. The minimum absolute atomic E-state index is 0.124. The SMILES string of the molecule is CC(C)(C)OC(=O)N1CCS(=O)(=Nc2nccc(COc3ccc(C(C)(C)c4cc(Cl)c(OCCCl)c(C#N)c4)cc3)n2)CC1. The fourth-order valence-corrected chi connectivity index (χ4v) is 6.73. The van der Waals surface area contributed by atoms with E-state index < -0.39 is 26.8 Å². The van der Waals surface area contributed by atoms with Gasteiger partial charge in [0.15, 0.2) is 5.75 Å². The van der Waals surface area contributed by atoms with Crippen molar-refractivity contribution < 1.29 is 23.2 Å². The van der Waals surface area contributed by atoms with Gasteiger partial charge in [0.2, 0.25) is 0 Å². The number of rotatable bonds is 9. The molecule has 2 aromatic carbocycles. The first kappa shape index (κ1) is 34.3. The molecule has 2 heterocycles. The zero-order valence-electron chi connectivity index (χ0n) is 26.0. The number of hydrogen-bond acceptors (Lipinski definition) is 9. The first-order valence-corrected chi connectivity index (χ1v) is 17.2. The molecule has 0 bridgehead atoms. The highest BCUT2D eigenvalue weighted by atomic mass is 35.5. The molecule has 1 aliphatic rings. The molecular weight excluding hydrogens is 637 g/mol. The second kappa shape index (κ2) is 14.2. The Kier molecular flexibility index (Phi) is 10.8. The van der Waals surface area contributed by atoms with E-state index >= 15 is 0 Å². The van der Waals surface area contributed by atoms with Gasteiger partial charge in [0.1, 0.15) is 30.6 Å². The maximum Gasteiger partial charge on any atom is 0.410 e. The minimum atomic E-state index is -2.62. The largest absolute Gasteiger partial charge is 0.489 e. The first-order chi connectivity index (χ1) is 21.2. The van der Waals surface area contributed by atoms with E-state index in [1.165, 1.54) is 0 Å². The summed E-state index contributed by atoms with van der Waals surface area (Å²) >= 11 is 12.2. The molecular formula is C32H37Cl2N5O5S. The van der Waals surface area contributed by atoms with Gasteiger partial charge in [0, 0.05) is 24.7 Å². The molecule has 1 amide bonds. The number of carbonyl (C=O) groups excluding carboxylic acids is 1. The number of ether oxygens (including phenoxy) is 3. The van der Waals surface area contributed by atoms with Gasteiger partial charge in [-0.15, -0.1) is 11.6 Å². The lowest BCUT2D eigenvalue weighted by Gasteiger charge is -2.30. The van der Waals surface area contributed by atoms with Crippen molar-refractivity contribution in [1.29, 1.82) is 5.26 Å². The number of nitrogens with zero attached hydrogens (tertiary/aromatic N) is 5. The van der Waals surface area contributed by atoms with Crippen molar-refractivity contribution in [3.8, 4) is 17.6 Å². The van der Waals surface area contributed by atoms with Gasteiger partial charge < -0.3 is 19.1 Å². The number of hydrogen-bond donors (Lipinski definition) is 0. The van der Waals surface area contributed by atoms with E-state index in [1.807, 2.05) is 65.0 Å². The van der Waals surface area contributed by atoms with Crippen LogP contribution in [0.2, 0.25) is 5.02 Å². The summed E-state index contributed by atoms with van der Waals surface area (Å²) in [7, 11) is -2.62. The fraction of sp³-hybridized carbons (Fsp3) is 0.438. The first-order valence-electron chi connectivity index (χ1n) is 14.4. The average molecular weight is 675 g/mol. The number of halogens is 2. The summed E-state index contributed by atoms with van der Waals surface area (Å²) in [5.74, 6) is 1.81. The number of amides is 1. The maximum absolute atomic E-state index is 13.4. The Labute approximate surface area is 274 Å². The topological polar surface area (TPSA) is 127 Å². The van der Waals surface area contributed by atoms with Crippen molar-refractivity contribution in [3.05, 3.63) is 76.1 Å². The van der Waals surface area contributed by atoms with E-state index in [0.29, 0.717) is 27.8 Å². The molecule has 0 N–H and O–H groups in total. The molecule has 0 atom stereocenters. The van der Waals surface area contributed by atoms with Crippen LogP contribution in [0.25, 0.3) is 0 Å². The molecule has 45 heavy (non-hydrogen) atoms. The van der Waals surface area contributed by atoms with Crippen LogP contribution in [0.3, 0.4) is 0 Å². The molecule has 4 rings (SSSR count). The second-order valence-corrected chi connectivity index (χ2v) is 15.3. The van der Waals surface area contributed by atoms with Crippen LogP contribution in [-0.4, -0.2) is 67.9 Å². The Morgan fingerprint density at radius 2 is 1.76 bits per heavy atom. The van der Waals surface area contributed by atoms with Crippen LogP contribution < -0.4 is 9.47 Å². The lowest BCUT2D eigenvalue weighted by atomic mass is 9.77. The smallest absolute Gasteiger partial charge is 0.410 e. The van der Waals surface area contributed by atoms with Gasteiger partial charge in [0.25, 0.3) is 5.95 Å². The molecule has 1 aromatic heterocycles. The summed E-state index contributed by atoms with van der Waals surface area (Å²) in [6.45, 7) is 10.5. The van der Waals surface area contributed by atoms with Gasteiger partial charge in [-0.25, -0.2) is 19.0 Å². The Bertz CT molecular complexity index is 1680. The highest BCUT2D eigenvalue weighted by Gasteiger charge is 2.29. The zero-order valence-corrected chi connectivity index (χ0v) is 28.3. The quantitative estimate of drug-likeness (QED) is 0.225. The Hall–Kier alpha value is -3.59. The summed E-state index contributed by atoms with van der Waals surface area (Å²) in [6.07, 6.45) is 1.14. The molecule has 0 unspecified atom stereocenters. The molecule has 0 radical (unpaired) electrons. The predicted octanol–water partition coefficient (Wildman–Crippen LogP) is 6.87. The van der Waals surface area contributed by atoms with Crippen LogP contribution in [0.1, 0.15) is 57.0 Å². The van der Waals surface area contributed by atoms with Crippen molar-refractivity contribution in [2.45, 2.75) is 52.2 Å². The van der Waals surface area contributed by atoms with E-state index in [9.17, 15) is 14.3 Å². The average Bonchev–Trinajstić information content (AvgIpc) is 2.98. The molecule has 0 aliphatic carbocycles. The highest BCUT2D eigenvalue weighted by Crippen LogP contribution is 2.38. The van der Waals surface area contributed by atoms with E-state index in [2.05, 4.69) is 20.4 Å². The van der Waals surface area contributed by atoms with E-state index in [-0.39, 0.29) is 49.6 Å². The summed E-state index contributed by atoms with van der Waals surface area (Å²) < 4.78 is 34.7. The molecule has 1 aliphatic heterocycles. The molecule has 3 aromatic rings. The molecule has 1 fully saturated rings. The maximum atomic E-state index is 13.4. The number of aromatic nitrogens is 2. The van der Waals surface area contributed by atoms with Gasteiger partial charge in [-0.1, -0.05) is 37.6 Å². The third-order valence-corrected chi connectivity index (χ3v) is 9.70. The van der Waals surface area contributed by atoms with Crippen LogP contribution in [0.4, 0.5) is 10.7 Å². The lowest BCUT2D eigenvalue weighted by Crippen LogP contribution is -2.45. The van der Waals surface area contributed by atoms with Crippen molar-refractivity contribution in [1.82, 2.24) is 14.9 Å². The summed E-state index contributed by atoms with van der Waals surface area (Å²) in [5.41, 5.74) is 1.72. The third kappa shape index (κ3) is 9.00. The van der Waals surface area contributed by atoms with Gasteiger partial charge in [0.05, 0.1) is 43.4 Å². The van der Waals surface area contributed by atoms with Crippen molar-refractivity contribution in [2.24, 2.45) is 4.36 Å². The number of benzene rings is 2. The van der Waals surface area contributed by atoms with Crippen molar-refractivity contribution >= 4 is 45.0 Å². The molecule has 1 saturated heterocycles. The number of nitriles is 1. The molecule has 13 heteroatoms. The summed E-state index contributed by atoms with van der Waals surface area (Å²) in [4.78, 5) is 22.5. The van der Waals surface area contributed by atoms with Gasteiger partial charge in [-0.2, -0.15) is 9.62 Å². The van der Waals surface area contributed by atoms with Crippen LogP contribution in [-0.2, 0) is 26.5 Å². The molecule has 0 spiro atoms. The molecule has 10 nitrogen and oxygen atoms in total. The monoisotopic (exact) mass is 673 g/mol. The molecule has 0 saturated carbocycles. The minimum Gasteiger partial charge on any atom is -0.489 e. The lowest BCUT2D eigenvalue weighted by molar-refractivity contribution is 0.0268. The summed E-state index contributed by atoms with van der Waals surface area (Å²) in [6, 6.07) is 15.1. The number of alkyl halides is 1. The second-order valence-electron chi connectivity index (χ2n) is 12.0. The van der Waals surface area contributed by atoms with E-state index in [0.717, 1.165) is 11.1 Å². The van der Waals surface area contributed by atoms with Crippen LogP contribution in [0.15, 0.2) is 53.0 Å². The van der Waals surface area contributed by atoms with Gasteiger partial charge in [-0.05, 0) is 62.2 Å². The van der Waals surface area contributed by atoms with Gasteiger partial charge >= 0.3 is 6.09 Å².